The van der Waals surface area contributed by atoms with Crippen LogP contribution in [0.4, 0.5) is 4.39 Å². The Morgan fingerprint density at radius 3 is 2.42 bits per heavy atom. The number of likely N-dealkylation sites (N-methyl/N-ethyl adjacent to an activating group) is 1. The number of hydrogen-bond donors (Lipinski definition) is 1. The Kier molecular flexibility index (Phi) is 3.98. The van der Waals surface area contributed by atoms with E-state index in [4.69, 9.17) is 15.2 Å². The van der Waals surface area contributed by atoms with Gasteiger partial charge < -0.3 is 15.2 Å². The highest BCUT2D eigenvalue weighted by Crippen LogP contribution is 2.46. The predicted octanol–water partition coefficient (Wildman–Crippen LogP) is 2.59. The van der Waals surface area contributed by atoms with Gasteiger partial charge in [0.05, 0.1) is 0 Å². The SMILES string of the molecule is CN1C(=O)C(c2cccc(-c3cncnc3)c2)(c2ccc3c(c2)OC(C)(F)O3)N=C1N. The summed E-state index contributed by atoms with van der Waals surface area (Å²) in [6, 6.07) is 9.86. The van der Waals surface area contributed by atoms with E-state index in [1.807, 2.05) is 18.2 Å². The van der Waals surface area contributed by atoms with Gasteiger partial charge in [0.15, 0.2) is 23.0 Å². The molecule has 3 aromatic rings. The molecular weight excluding hydrogens is 401 g/mol. The van der Waals surface area contributed by atoms with Crippen molar-refractivity contribution in [3.05, 3.63) is 72.3 Å². The van der Waals surface area contributed by atoms with E-state index in [2.05, 4.69) is 15.0 Å². The van der Waals surface area contributed by atoms with Gasteiger partial charge in [-0.2, -0.15) is 4.39 Å². The lowest BCUT2D eigenvalue weighted by atomic mass is 9.81. The van der Waals surface area contributed by atoms with Crippen LogP contribution in [0.25, 0.3) is 11.1 Å². The fourth-order valence-corrected chi connectivity index (χ4v) is 3.87. The van der Waals surface area contributed by atoms with Crippen LogP contribution < -0.4 is 15.2 Å². The average molecular weight is 419 g/mol. The number of aromatic nitrogens is 2. The van der Waals surface area contributed by atoms with Crippen LogP contribution in [0.5, 0.6) is 11.5 Å². The first-order valence-electron chi connectivity index (χ1n) is 9.51. The number of hydrogen-bond acceptors (Lipinski definition) is 7. The lowest BCUT2D eigenvalue weighted by Crippen LogP contribution is -2.41. The Bertz CT molecular complexity index is 1230. The minimum absolute atomic E-state index is 0.0754. The van der Waals surface area contributed by atoms with Crippen LogP contribution in [0.1, 0.15) is 18.1 Å². The van der Waals surface area contributed by atoms with Crippen molar-refractivity contribution in [2.75, 3.05) is 7.05 Å². The molecule has 2 aliphatic heterocycles. The maximum Gasteiger partial charge on any atom is 0.404 e. The molecule has 0 fully saturated rings. The zero-order chi connectivity index (χ0) is 21.8. The summed E-state index contributed by atoms with van der Waals surface area (Å²) < 4.78 is 24.6. The van der Waals surface area contributed by atoms with Gasteiger partial charge >= 0.3 is 6.04 Å². The fourth-order valence-electron chi connectivity index (χ4n) is 3.87. The van der Waals surface area contributed by atoms with Crippen molar-refractivity contribution in [1.82, 2.24) is 14.9 Å². The largest absolute Gasteiger partial charge is 0.423 e. The van der Waals surface area contributed by atoms with Gasteiger partial charge in [0, 0.05) is 31.9 Å². The molecule has 156 valence electrons. The van der Waals surface area contributed by atoms with Gasteiger partial charge in [-0.15, -0.1) is 0 Å². The van der Waals surface area contributed by atoms with Crippen LogP contribution in [-0.2, 0) is 10.3 Å². The van der Waals surface area contributed by atoms with Crippen LogP contribution >= 0.6 is 0 Å². The number of guanidine groups is 1. The van der Waals surface area contributed by atoms with E-state index in [9.17, 15) is 9.18 Å². The Hall–Kier alpha value is -4.01. The summed E-state index contributed by atoms with van der Waals surface area (Å²) in [6.45, 7) is 1.17. The van der Waals surface area contributed by atoms with E-state index in [0.29, 0.717) is 11.1 Å². The monoisotopic (exact) mass is 419 g/mol. The van der Waals surface area contributed by atoms with Gasteiger partial charge in [-0.05, 0) is 34.9 Å². The Labute approximate surface area is 177 Å². The smallest absolute Gasteiger partial charge is 0.404 e. The predicted molar refractivity (Wildman–Crippen MR) is 110 cm³/mol. The Morgan fingerprint density at radius 1 is 1.00 bits per heavy atom. The number of rotatable bonds is 3. The number of nitrogens with zero attached hydrogens (tertiary/aromatic N) is 4. The van der Waals surface area contributed by atoms with Crippen molar-refractivity contribution in [1.29, 1.82) is 0 Å². The number of alkyl halides is 1. The number of carbonyl (C=O) groups is 1. The highest BCUT2D eigenvalue weighted by atomic mass is 19.2. The van der Waals surface area contributed by atoms with Crippen molar-refractivity contribution in [3.63, 3.8) is 0 Å². The second kappa shape index (κ2) is 6.49. The summed E-state index contributed by atoms with van der Waals surface area (Å²) in [4.78, 5) is 27.4. The summed E-state index contributed by atoms with van der Waals surface area (Å²) in [7, 11) is 1.56. The van der Waals surface area contributed by atoms with Crippen LogP contribution in [0.2, 0.25) is 0 Å². The molecule has 0 radical (unpaired) electrons. The van der Waals surface area contributed by atoms with Gasteiger partial charge in [-0.3, -0.25) is 9.69 Å². The number of halogens is 1. The molecule has 2 aromatic carbocycles. The minimum Gasteiger partial charge on any atom is -0.423 e. The molecule has 1 amide bonds. The lowest BCUT2D eigenvalue weighted by Gasteiger charge is -2.26. The molecule has 31 heavy (non-hydrogen) atoms. The fraction of sp³-hybridized carbons (Fsp3) is 0.182. The third-order valence-electron chi connectivity index (χ3n) is 5.36. The standard InChI is InChI=1S/C22H18FN5O3/c1-21(23)30-17-7-6-16(9-18(17)31-21)22(19(29)28(2)20(24)27-22)15-5-3-4-13(8-15)14-10-25-12-26-11-14/h3-12H,1-2H3,(H2,24,27). The van der Waals surface area contributed by atoms with E-state index in [1.54, 1.807) is 43.7 Å². The van der Waals surface area contributed by atoms with Gasteiger partial charge in [0.2, 0.25) is 0 Å². The zero-order valence-corrected chi connectivity index (χ0v) is 16.7. The number of amides is 1. The molecule has 2 aliphatic rings. The second-order valence-corrected chi connectivity index (χ2v) is 7.45. The van der Waals surface area contributed by atoms with Crippen molar-refractivity contribution in [2.45, 2.75) is 18.5 Å². The number of carbonyl (C=O) groups excluding carboxylic acids is 1. The molecule has 5 rings (SSSR count). The Balaban J connectivity index is 1.70. The molecule has 1 aromatic heterocycles. The van der Waals surface area contributed by atoms with Crippen molar-refractivity contribution >= 4 is 11.9 Å². The van der Waals surface area contributed by atoms with E-state index in [0.717, 1.165) is 11.1 Å². The number of benzene rings is 2. The topological polar surface area (TPSA) is 103 Å². The van der Waals surface area contributed by atoms with Crippen LogP contribution in [0.3, 0.4) is 0 Å². The first-order valence-corrected chi connectivity index (χ1v) is 9.51. The van der Waals surface area contributed by atoms with Crippen molar-refractivity contribution in [2.24, 2.45) is 10.7 Å². The van der Waals surface area contributed by atoms with Crippen LogP contribution in [0, 0.1) is 0 Å². The first kappa shape index (κ1) is 19.0. The zero-order valence-electron chi connectivity index (χ0n) is 16.7. The molecule has 2 unspecified atom stereocenters. The van der Waals surface area contributed by atoms with E-state index in [-0.39, 0.29) is 23.4 Å². The average Bonchev–Trinajstić information content (AvgIpc) is 3.21. The van der Waals surface area contributed by atoms with Gasteiger partial charge in [-0.25, -0.2) is 15.0 Å². The van der Waals surface area contributed by atoms with Crippen molar-refractivity contribution < 1.29 is 18.7 Å². The normalized spacial score (nSPS) is 24.4. The third-order valence-corrected chi connectivity index (χ3v) is 5.36. The maximum absolute atomic E-state index is 14.2. The number of nitrogens with two attached hydrogens (primary N) is 1. The molecule has 2 atom stereocenters. The van der Waals surface area contributed by atoms with Crippen LogP contribution in [-0.4, -0.2) is 39.8 Å². The number of aliphatic imine (C=N–C) groups is 1. The summed E-state index contributed by atoms with van der Waals surface area (Å²) in [5.41, 5.74) is 7.25. The molecule has 8 nitrogen and oxygen atoms in total. The summed E-state index contributed by atoms with van der Waals surface area (Å²) in [5, 5.41) is 0. The summed E-state index contributed by atoms with van der Waals surface area (Å²) in [6.07, 6.45) is 4.81. The van der Waals surface area contributed by atoms with Gasteiger partial charge in [0.1, 0.15) is 6.33 Å². The molecule has 0 saturated carbocycles. The number of fused-ring (bicyclic) bond motifs is 1. The first-order chi connectivity index (χ1) is 14.8. The minimum atomic E-state index is -2.28. The molecule has 3 heterocycles. The molecule has 0 spiro atoms. The molecule has 0 bridgehead atoms. The molecule has 0 saturated heterocycles. The summed E-state index contributed by atoms with van der Waals surface area (Å²) in [5.74, 6) is 0.167. The van der Waals surface area contributed by atoms with Crippen molar-refractivity contribution in [3.8, 4) is 22.6 Å². The number of ether oxygens (including phenoxy) is 2. The maximum atomic E-state index is 14.2. The lowest BCUT2D eigenvalue weighted by molar-refractivity contribution is -0.173. The molecular formula is C22H18FN5O3. The Morgan fingerprint density at radius 2 is 1.71 bits per heavy atom. The molecule has 0 aliphatic carbocycles. The quantitative estimate of drug-likeness (QED) is 0.700. The summed E-state index contributed by atoms with van der Waals surface area (Å²) >= 11 is 0. The third kappa shape index (κ3) is 2.89. The van der Waals surface area contributed by atoms with E-state index >= 15 is 0 Å². The second-order valence-electron chi connectivity index (χ2n) is 7.45. The highest BCUT2D eigenvalue weighted by molar-refractivity contribution is 6.09. The highest BCUT2D eigenvalue weighted by Gasteiger charge is 2.50. The van der Waals surface area contributed by atoms with E-state index in [1.165, 1.54) is 18.2 Å². The van der Waals surface area contributed by atoms with Gasteiger partial charge in [0.25, 0.3) is 5.91 Å². The molecule has 2 N–H and O–H groups in total. The molecule has 9 heteroatoms. The van der Waals surface area contributed by atoms with Crippen LogP contribution in [0.15, 0.2) is 66.2 Å². The van der Waals surface area contributed by atoms with E-state index < -0.39 is 11.6 Å². The van der Waals surface area contributed by atoms with Gasteiger partial charge in [-0.1, -0.05) is 24.3 Å².